The lowest BCUT2D eigenvalue weighted by molar-refractivity contribution is -0.124. The molecular weight excluding hydrogens is 288 g/mol. The highest BCUT2D eigenvalue weighted by atomic mass is 16.2. The third-order valence-electron chi connectivity index (χ3n) is 4.49. The van der Waals surface area contributed by atoms with E-state index >= 15 is 0 Å². The summed E-state index contributed by atoms with van der Waals surface area (Å²) in [4.78, 5) is 28.7. The molecule has 0 saturated heterocycles. The van der Waals surface area contributed by atoms with E-state index in [4.69, 9.17) is 0 Å². The molecule has 1 heterocycles. The first-order valence-electron chi connectivity index (χ1n) is 7.83. The van der Waals surface area contributed by atoms with Crippen LogP contribution in [0.3, 0.4) is 0 Å². The molecule has 0 unspecified atom stereocenters. The second kappa shape index (κ2) is 6.21. The van der Waals surface area contributed by atoms with Crippen LogP contribution in [-0.2, 0) is 4.79 Å². The number of hydrogen-bond donors (Lipinski definition) is 1. The number of nitrogens with one attached hydrogen (secondary N) is 1. The number of aromatic nitrogens is 1. The van der Waals surface area contributed by atoms with Crippen molar-refractivity contribution in [3.63, 3.8) is 0 Å². The maximum Gasteiger partial charge on any atom is 0.189 e. The van der Waals surface area contributed by atoms with Gasteiger partial charge in [-0.1, -0.05) is 30.4 Å². The van der Waals surface area contributed by atoms with Crippen molar-refractivity contribution in [2.75, 3.05) is 0 Å². The van der Waals surface area contributed by atoms with E-state index in [2.05, 4.69) is 4.98 Å². The number of nitrogens with zero attached hydrogens (tertiary/aromatic N) is 1. The van der Waals surface area contributed by atoms with Crippen molar-refractivity contribution in [2.24, 2.45) is 11.8 Å². The second-order valence-electron chi connectivity index (χ2n) is 5.98. The lowest BCUT2D eigenvalue weighted by Crippen LogP contribution is -2.29. The van der Waals surface area contributed by atoms with Gasteiger partial charge in [0, 0.05) is 28.1 Å². The number of Topliss-reactive ketones (excluding diaryl/α,β-unsaturated/α-hetero) is 2. The Morgan fingerprint density at radius 2 is 2.09 bits per heavy atom. The van der Waals surface area contributed by atoms with Gasteiger partial charge in [0.25, 0.3) is 0 Å². The van der Waals surface area contributed by atoms with Crippen LogP contribution < -0.4 is 0 Å². The van der Waals surface area contributed by atoms with E-state index in [1.54, 1.807) is 6.92 Å². The maximum absolute atomic E-state index is 12.9. The molecular formula is C19H18N2O2. The van der Waals surface area contributed by atoms with E-state index in [0.29, 0.717) is 24.1 Å². The fourth-order valence-corrected chi connectivity index (χ4v) is 3.28. The fourth-order valence-electron chi connectivity index (χ4n) is 3.28. The minimum absolute atomic E-state index is 0.223. The number of nitriles is 1. The zero-order chi connectivity index (χ0) is 16.4. The predicted octanol–water partition coefficient (Wildman–Crippen LogP) is 3.72. The van der Waals surface area contributed by atoms with Crippen molar-refractivity contribution >= 4 is 22.5 Å². The number of H-pyrrole nitrogens is 1. The first-order valence-corrected chi connectivity index (χ1v) is 7.83. The number of aryl methyl sites for hydroxylation is 1. The number of allylic oxidation sites excluding steroid dienone is 2. The third-order valence-corrected chi connectivity index (χ3v) is 4.49. The summed E-state index contributed by atoms with van der Waals surface area (Å²) in [6, 6.07) is 9.40. The Balaban J connectivity index is 1.96. The Kier molecular flexibility index (Phi) is 4.12. The molecule has 23 heavy (non-hydrogen) atoms. The van der Waals surface area contributed by atoms with Crippen LogP contribution in [0, 0.1) is 30.1 Å². The van der Waals surface area contributed by atoms with Gasteiger partial charge < -0.3 is 4.98 Å². The smallest absolute Gasteiger partial charge is 0.189 e. The molecule has 4 heteroatoms. The highest BCUT2D eigenvalue weighted by Gasteiger charge is 2.34. The van der Waals surface area contributed by atoms with Gasteiger partial charge in [0.15, 0.2) is 17.5 Å². The van der Waals surface area contributed by atoms with Crippen LogP contribution in [0.1, 0.15) is 35.3 Å². The van der Waals surface area contributed by atoms with Crippen molar-refractivity contribution in [3.8, 4) is 6.07 Å². The highest BCUT2D eigenvalue weighted by Crippen LogP contribution is 2.28. The number of para-hydroxylation sites is 1. The summed E-state index contributed by atoms with van der Waals surface area (Å²) in [5.74, 6) is -2.07. The van der Waals surface area contributed by atoms with Crippen LogP contribution in [0.25, 0.3) is 10.9 Å². The number of carbonyl (C=O) groups is 2. The third kappa shape index (κ3) is 2.70. The molecule has 2 atom stereocenters. The lowest BCUT2D eigenvalue weighted by atomic mass is 9.82. The summed E-state index contributed by atoms with van der Waals surface area (Å²) in [5.41, 5.74) is 2.01. The normalized spacial score (nSPS) is 18.5. The molecule has 0 aliphatic heterocycles. The number of carbonyl (C=O) groups excluding carboxylic acids is 2. The topological polar surface area (TPSA) is 73.7 Å². The van der Waals surface area contributed by atoms with Gasteiger partial charge in [0.1, 0.15) is 0 Å². The Morgan fingerprint density at radius 3 is 2.78 bits per heavy atom. The number of hydrogen-bond acceptors (Lipinski definition) is 3. The molecule has 0 fully saturated rings. The van der Waals surface area contributed by atoms with Gasteiger partial charge >= 0.3 is 0 Å². The molecule has 0 spiro atoms. The summed E-state index contributed by atoms with van der Waals surface area (Å²) in [6.45, 7) is 1.80. The SMILES string of the molecule is Cc1[nH]c2ccccc2c1C(=O)[C@H](C#N)C(=O)[C@H]1CC=CCC1. The van der Waals surface area contributed by atoms with E-state index in [9.17, 15) is 14.9 Å². The van der Waals surface area contributed by atoms with Crippen LogP contribution >= 0.6 is 0 Å². The van der Waals surface area contributed by atoms with Crippen LogP contribution in [0.15, 0.2) is 36.4 Å². The molecule has 116 valence electrons. The Bertz CT molecular complexity index is 839. The molecule has 4 nitrogen and oxygen atoms in total. The molecule has 0 amide bonds. The van der Waals surface area contributed by atoms with Crippen LogP contribution in [-0.4, -0.2) is 16.6 Å². The molecule has 2 aromatic rings. The minimum Gasteiger partial charge on any atom is -0.358 e. The average molecular weight is 306 g/mol. The largest absolute Gasteiger partial charge is 0.358 e. The van der Waals surface area contributed by atoms with Crippen molar-refractivity contribution < 1.29 is 9.59 Å². The van der Waals surface area contributed by atoms with Gasteiger partial charge in [-0.25, -0.2) is 0 Å². The Morgan fingerprint density at radius 1 is 1.30 bits per heavy atom. The molecule has 1 aliphatic carbocycles. The lowest BCUT2D eigenvalue weighted by Gasteiger charge is -2.18. The highest BCUT2D eigenvalue weighted by molar-refractivity contribution is 6.19. The molecule has 3 rings (SSSR count). The number of ketones is 2. The number of rotatable bonds is 4. The zero-order valence-electron chi connectivity index (χ0n) is 13.0. The first kappa shape index (κ1) is 15.2. The summed E-state index contributed by atoms with van der Waals surface area (Å²) in [6.07, 6.45) is 6.17. The molecule has 0 radical (unpaired) electrons. The number of benzene rings is 1. The van der Waals surface area contributed by atoms with Gasteiger partial charge in [-0.15, -0.1) is 0 Å². The van der Waals surface area contributed by atoms with E-state index < -0.39 is 5.92 Å². The van der Waals surface area contributed by atoms with Gasteiger partial charge in [-0.05, 0) is 32.3 Å². The van der Waals surface area contributed by atoms with Crippen LogP contribution in [0.5, 0.6) is 0 Å². The monoisotopic (exact) mass is 306 g/mol. The van der Waals surface area contributed by atoms with Crippen molar-refractivity contribution in [1.29, 1.82) is 5.26 Å². The zero-order valence-corrected chi connectivity index (χ0v) is 13.0. The molecule has 1 aromatic heterocycles. The van der Waals surface area contributed by atoms with Gasteiger partial charge in [0.2, 0.25) is 0 Å². The average Bonchev–Trinajstić information content (AvgIpc) is 2.91. The molecule has 0 bridgehead atoms. The van der Waals surface area contributed by atoms with E-state index in [1.807, 2.05) is 42.5 Å². The van der Waals surface area contributed by atoms with Gasteiger partial charge in [-0.2, -0.15) is 5.26 Å². The summed E-state index contributed by atoms with van der Waals surface area (Å²) in [7, 11) is 0. The maximum atomic E-state index is 12.9. The minimum atomic E-state index is -1.22. The molecule has 1 aromatic carbocycles. The molecule has 1 N–H and O–H groups in total. The molecule has 0 saturated carbocycles. The van der Waals surface area contributed by atoms with Crippen molar-refractivity contribution in [3.05, 3.63) is 47.7 Å². The van der Waals surface area contributed by atoms with Crippen LogP contribution in [0.2, 0.25) is 0 Å². The van der Waals surface area contributed by atoms with E-state index in [0.717, 1.165) is 17.3 Å². The van der Waals surface area contributed by atoms with Crippen molar-refractivity contribution in [2.45, 2.75) is 26.2 Å². The van der Waals surface area contributed by atoms with Gasteiger partial charge in [-0.3, -0.25) is 9.59 Å². The van der Waals surface area contributed by atoms with Gasteiger partial charge in [0.05, 0.1) is 6.07 Å². The van der Waals surface area contributed by atoms with E-state index in [-0.39, 0.29) is 17.5 Å². The predicted molar refractivity (Wildman–Crippen MR) is 88.0 cm³/mol. The first-order chi connectivity index (χ1) is 11.1. The second-order valence-corrected chi connectivity index (χ2v) is 5.98. The van der Waals surface area contributed by atoms with E-state index in [1.165, 1.54) is 0 Å². The number of aromatic amines is 1. The Labute approximate surface area is 134 Å². The fraction of sp³-hybridized carbons (Fsp3) is 0.316. The summed E-state index contributed by atoms with van der Waals surface area (Å²) >= 11 is 0. The van der Waals surface area contributed by atoms with Crippen molar-refractivity contribution in [1.82, 2.24) is 4.98 Å². The molecule has 1 aliphatic rings. The standard InChI is InChI=1S/C19H18N2O2/c1-12-17(14-9-5-6-10-16(14)21-12)19(23)15(11-20)18(22)13-7-3-2-4-8-13/h2-3,5-6,9-10,13,15,21H,4,7-8H2,1H3/t13-,15+/m0/s1. The van der Waals surface area contributed by atoms with Crippen LogP contribution in [0.4, 0.5) is 0 Å². The Hall–Kier alpha value is -2.67. The number of fused-ring (bicyclic) bond motifs is 1. The summed E-state index contributed by atoms with van der Waals surface area (Å²) in [5, 5.41) is 10.2. The summed E-state index contributed by atoms with van der Waals surface area (Å²) < 4.78 is 0. The quantitative estimate of drug-likeness (QED) is 0.531.